The Bertz CT molecular complexity index is 1370. The predicted molar refractivity (Wildman–Crippen MR) is 139 cm³/mol. The van der Waals surface area contributed by atoms with Crippen LogP contribution in [0.4, 0.5) is 14.5 Å². The molecule has 0 spiro atoms. The van der Waals surface area contributed by atoms with E-state index in [4.69, 9.17) is 14.5 Å². The summed E-state index contributed by atoms with van der Waals surface area (Å²) in [5, 5.41) is 12.4. The normalized spacial score (nSPS) is 16.8. The lowest BCUT2D eigenvalue weighted by Crippen LogP contribution is -2.48. The fraction of sp³-hybridized carbons (Fsp3) is 0.538. The minimum absolute atomic E-state index is 0.0165. The van der Waals surface area contributed by atoms with Gasteiger partial charge < -0.3 is 14.4 Å². The molecule has 1 saturated heterocycles. The number of nitrogens with zero attached hydrogens (tertiary/aromatic N) is 7. The van der Waals surface area contributed by atoms with Crippen molar-refractivity contribution in [1.82, 2.24) is 29.8 Å². The Labute approximate surface area is 224 Å². The number of carbonyl (C=O) groups excluding carboxylic acids is 1. The van der Waals surface area contributed by atoms with Gasteiger partial charge in [0.15, 0.2) is 5.75 Å². The molecule has 0 bridgehead atoms. The highest BCUT2D eigenvalue weighted by atomic mass is 19.3. The van der Waals surface area contributed by atoms with Gasteiger partial charge in [-0.05, 0) is 30.9 Å². The molecule has 1 unspecified atom stereocenters. The fourth-order valence-corrected chi connectivity index (χ4v) is 4.79. The molecule has 3 aromatic rings. The molecule has 0 radical (unpaired) electrons. The molecule has 0 amide bonds. The summed E-state index contributed by atoms with van der Waals surface area (Å²) in [5.74, 6) is -3.83. The van der Waals surface area contributed by atoms with E-state index in [-0.39, 0.29) is 30.6 Å². The Morgan fingerprint density at radius 1 is 1.26 bits per heavy atom. The van der Waals surface area contributed by atoms with E-state index in [1.807, 2.05) is 13.8 Å². The summed E-state index contributed by atoms with van der Waals surface area (Å²) >= 11 is 0. The van der Waals surface area contributed by atoms with Gasteiger partial charge in [-0.1, -0.05) is 19.1 Å². The minimum Gasteiger partial charge on any atom is -0.481 e. The zero-order valence-corrected chi connectivity index (χ0v) is 22.6. The third-order valence-corrected chi connectivity index (χ3v) is 6.63. The number of carbonyl (C=O) groups is 1. The van der Waals surface area contributed by atoms with E-state index in [2.05, 4.69) is 15.4 Å². The maximum atomic E-state index is 14.6. The van der Waals surface area contributed by atoms with Crippen molar-refractivity contribution >= 4 is 11.7 Å². The number of anilines is 1. The van der Waals surface area contributed by atoms with Crippen molar-refractivity contribution in [2.75, 3.05) is 25.1 Å². The summed E-state index contributed by atoms with van der Waals surface area (Å²) in [4.78, 5) is 30.4. The summed E-state index contributed by atoms with van der Waals surface area (Å²) in [7, 11) is 2.97. The summed E-state index contributed by atoms with van der Waals surface area (Å²) < 4.78 is 43.0. The average Bonchev–Trinajstić information content (AvgIpc) is 3.27. The third-order valence-electron chi connectivity index (χ3n) is 6.63. The molecule has 4 heterocycles. The molecular formula is C26H33F2N7O4. The van der Waals surface area contributed by atoms with E-state index in [1.54, 1.807) is 39.6 Å². The SMILES string of the molecule is CCCn1cc(OCc2c(-c3ccc(N4CC(CC(=O)OC)CC(F)(F)C4)c(CC)n3)nnn2C)c(=O)cn1. The van der Waals surface area contributed by atoms with Gasteiger partial charge in [-0.2, -0.15) is 5.10 Å². The van der Waals surface area contributed by atoms with Gasteiger partial charge in [0.1, 0.15) is 18.0 Å². The second-order valence-electron chi connectivity index (χ2n) is 9.67. The highest BCUT2D eigenvalue weighted by Gasteiger charge is 2.41. The smallest absolute Gasteiger partial charge is 0.305 e. The zero-order chi connectivity index (χ0) is 28.2. The first kappa shape index (κ1) is 28.1. The summed E-state index contributed by atoms with van der Waals surface area (Å²) in [5.41, 5.74) is 2.45. The van der Waals surface area contributed by atoms with Crippen LogP contribution < -0.4 is 15.1 Å². The van der Waals surface area contributed by atoms with Gasteiger partial charge in [-0.15, -0.1) is 5.10 Å². The largest absolute Gasteiger partial charge is 0.481 e. The molecule has 210 valence electrons. The van der Waals surface area contributed by atoms with Crippen LogP contribution in [0.5, 0.6) is 5.75 Å². The zero-order valence-electron chi connectivity index (χ0n) is 22.6. The van der Waals surface area contributed by atoms with Crippen LogP contribution in [0.3, 0.4) is 0 Å². The van der Waals surface area contributed by atoms with E-state index in [0.717, 1.165) is 6.42 Å². The summed E-state index contributed by atoms with van der Waals surface area (Å²) in [6.45, 7) is 4.42. The Morgan fingerprint density at radius 2 is 2.05 bits per heavy atom. The van der Waals surface area contributed by atoms with Crippen molar-refractivity contribution in [3.8, 4) is 17.1 Å². The van der Waals surface area contributed by atoms with Gasteiger partial charge in [0.05, 0.1) is 49.5 Å². The molecule has 11 nitrogen and oxygen atoms in total. The second-order valence-corrected chi connectivity index (χ2v) is 9.67. The molecule has 1 fully saturated rings. The highest BCUT2D eigenvalue weighted by molar-refractivity contribution is 5.70. The fourth-order valence-electron chi connectivity index (χ4n) is 4.79. The number of alkyl halides is 2. The van der Waals surface area contributed by atoms with Crippen LogP contribution >= 0.6 is 0 Å². The van der Waals surface area contributed by atoms with Crippen molar-refractivity contribution in [2.45, 2.75) is 58.6 Å². The summed E-state index contributed by atoms with van der Waals surface area (Å²) in [6, 6.07) is 3.47. The Balaban J connectivity index is 1.59. The number of hydrogen-bond donors (Lipinski definition) is 0. The van der Waals surface area contributed by atoms with Gasteiger partial charge in [0, 0.05) is 26.6 Å². The average molecular weight is 546 g/mol. The van der Waals surface area contributed by atoms with E-state index in [1.165, 1.54) is 13.3 Å². The number of aryl methyl sites for hydroxylation is 3. The van der Waals surface area contributed by atoms with Crippen LogP contribution in [0.1, 0.15) is 44.5 Å². The lowest BCUT2D eigenvalue weighted by molar-refractivity contribution is -0.142. The molecule has 3 aromatic heterocycles. The van der Waals surface area contributed by atoms with Crippen molar-refractivity contribution < 1.29 is 23.0 Å². The number of rotatable bonds is 10. The Morgan fingerprint density at radius 3 is 2.77 bits per heavy atom. The number of esters is 1. The number of ether oxygens (including phenoxy) is 2. The molecular weight excluding hydrogens is 512 g/mol. The van der Waals surface area contributed by atoms with Gasteiger partial charge >= 0.3 is 5.97 Å². The topological polar surface area (TPSA) is 117 Å². The Hall–Kier alpha value is -3.90. The maximum Gasteiger partial charge on any atom is 0.305 e. The van der Waals surface area contributed by atoms with Crippen LogP contribution in [-0.4, -0.2) is 61.8 Å². The first-order chi connectivity index (χ1) is 18.6. The monoisotopic (exact) mass is 545 g/mol. The molecule has 1 aliphatic rings. The molecule has 0 aliphatic carbocycles. The number of halogens is 2. The number of hydrogen-bond acceptors (Lipinski definition) is 9. The lowest BCUT2D eigenvalue weighted by Gasteiger charge is -2.39. The molecule has 0 saturated carbocycles. The molecule has 4 rings (SSSR count). The van der Waals surface area contributed by atoms with Crippen LogP contribution in [0.15, 0.2) is 29.3 Å². The molecule has 39 heavy (non-hydrogen) atoms. The van der Waals surface area contributed by atoms with Crippen LogP contribution in [0.25, 0.3) is 11.4 Å². The molecule has 0 aromatic carbocycles. The maximum absolute atomic E-state index is 14.6. The molecule has 0 N–H and O–H groups in total. The van der Waals surface area contributed by atoms with Gasteiger partial charge in [-0.3, -0.25) is 14.3 Å². The molecule has 13 heteroatoms. The first-order valence-corrected chi connectivity index (χ1v) is 12.9. The Kier molecular flexibility index (Phi) is 8.56. The number of pyridine rings is 1. The second kappa shape index (κ2) is 11.9. The van der Waals surface area contributed by atoms with Crippen LogP contribution in [0.2, 0.25) is 0 Å². The van der Waals surface area contributed by atoms with Gasteiger partial charge in [0.2, 0.25) is 5.43 Å². The van der Waals surface area contributed by atoms with Crippen molar-refractivity contribution in [1.29, 1.82) is 0 Å². The van der Waals surface area contributed by atoms with Crippen LogP contribution in [0, 0.1) is 5.92 Å². The van der Waals surface area contributed by atoms with E-state index >= 15 is 0 Å². The predicted octanol–water partition coefficient (Wildman–Crippen LogP) is 3.01. The third kappa shape index (κ3) is 6.58. The van der Waals surface area contributed by atoms with Crippen LogP contribution in [-0.2, 0) is 36.2 Å². The minimum atomic E-state index is -2.95. The van der Waals surface area contributed by atoms with Gasteiger partial charge in [0.25, 0.3) is 5.92 Å². The quantitative estimate of drug-likeness (QED) is 0.354. The highest BCUT2D eigenvalue weighted by Crippen LogP contribution is 2.36. The summed E-state index contributed by atoms with van der Waals surface area (Å²) in [6.07, 6.45) is 3.70. The number of piperidine rings is 1. The van der Waals surface area contributed by atoms with Crippen molar-refractivity contribution in [3.63, 3.8) is 0 Å². The van der Waals surface area contributed by atoms with E-state index in [0.29, 0.717) is 48.0 Å². The van der Waals surface area contributed by atoms with E-state index in [9.17, 15) is 18.4 Å². The lowest BCUT2D eigenvalue weighted by atomic mass is 9.91. The number of aromatic nitrogens is 6. The molecule has 1 aliphatic heterocycles. The van der Waals surface area contributed by atoms with E-state index < -0.39 is 24.4 Å². The van der Waals surface area contributed by atoms with Gasteiger partial charge in [-0.25, -0.2) is 18.4 Å². The van der Waals surface area contributed by atoms with Crippen molar-refractivity contribution in [3.05, 3.63) is 46.1 Å². The first-order valence-electron chi connectivity index (χ1n) is 12.9. The molecule has 1 atom stereocenters. The number of methoxy groups -OCH3 is 1. The standard InChI is InChI=1S/C26H33F2N7O4/c1-5-9-35-14-23(22(36)12-29-35)39-15-21-25(31-32-33(21)3)19-7-8-20(18(6-2)30-19)34-13-17(10-24(37)38-4)11-26(27,28)16-34/h7-8,12,14,17H,5-6,9-11,13,15-16H2,1-4H3. The van der Waals surface area contributed by atoms with Crippen molar-refractivity contribution in [2.24, 2.45) is 13.0 Å².